The van der Waals surface area contributed by atoms with E-state index in [2.05, 4.69) is 10.2 Å². The van der Waals surface area contributed by atoms with Crippen molar-refractivity contribution in [1.29, 1.82) is 0 Å². The lowest BCUT2D eigenvalue weighted by Crippen LogP contribution is -2.45. The molecule has 1 saturated heterocycles. The van der Waals surface area contributed by atoms with Gasteiger partial charge in [0.15, 0.2) is 6.10 Å². The fourth-order valence-corrected chi connectivity index (χ4v) is 3.25. The van der Waals surface area contributed by atoms with Crippen LogP contribution in [0, 0.1) is 0 Å². The molecule has 0 bridgehead atoms. The summed E-state index contributed by atoms with van der Waals surface area (Å²) in [6.07, 6.45) is 0.674. The van der Waals surface area contributed by atoms with Crippen molar-refractivity contribution in [3.63, 3.8) is 0 Å². The molecule has 2 heterocycles. The second kappa shape index (κ2) is 9.00. The van der Waals surface area contributed by atoms with Gasteiger partial charge in [0, 0.05) is 32.6 Å². The van der Waals surface area contributed by atoms with Crippen LogP contribution >= 0.6 is 0 Å². The zero-order chi connectivity index (χ0) is 18.4. The van der Waals surface area contributed by atoms with Gasteiger partial charge in [0.2, 0.25) is 5.91 Å². The average molecular weight is 361 g/mol. The van der Waals surface area contributed by atoms with Crippen molar-refractivity contribution in [1.82, 2.24) is 10.2 Å². The molecule has 7 nitrogen and oxygen atoms in total. The summed E-state index contributed by atoms with van der Waals surface area (Å²) in [6, 6.07) is 7.43. The zero-order valence-corrected chi connectivity index (χ0v) is 15.3. The third kappa shape index (κ3) is 4.74. The van der Waals surface area contributed by atoms with E-state index in [9.17, 15) is 9.59 Å². The van der Waals surface area contributed by atoms with E-state index in [1.165, 1.54) is 0 Å². The summed E-state index contributed by atoms with van der Waals surface area (Å²) < 4.78 is 10.9. The van der Waals surface area contributed by atoms with Crippen molar-refractivity contribution in [3.05, 3.63) is 24.3 Å². The molecule has 7 heteroatoms. The minimum atomic E-state index is -0.526. The second-order valence-corrected chi connectivity index (χ2v) is 6.63. The van der Waals surface area contributed by atoms with Crippen LogP contribution in [0.3, 0.4) is 0 Å². The van der Waals surface area contributed by atoms with Crippen LogP contribution in [0.5, 0.6) is 5.75 Å². The van der Waals surface area contributed by atoms with Gasteiger partial charge in [-0.1, -0.05) is 12.1 Å². The largest absolute Gasteiger partial charge is 0.479 e. The number of rotatable bonds is 7. The first-order valence-electron chi connectivity index (χ1n) is 9.29. The SMILES string of the molecule is CC1Oc2ccccc2N(CCC(=O)NCCCN2CCOCC2)C1=O. The van der Waals surface area contributed by atoms with Crippen molar-refractivity contribution in [2.24, 2.45) is 0 Å². The van der Waals surface area contributed by atoms with Gasteiger partial charge >= 0.3 is 0 Å². The standard InChI is InChI=1S/C19H27N3O4/c1-15-19(24)22(16-5-2-3-6-17(16)26-15)10-7-18(23)20-8-4-9-21-11-13-25-14-12-21/h2-3,5-6,15H,4,7-14H2,1H3,(H,20,23). The molecule has 0 saturated carbocycles. The number of nitrogens with zero attached hydrogens (tertiary/aromatic N) is 2. The van der Waals surface area contributed by atoms with E-state index in [0.717, 1.165) is 45.0 Å². The van der Waals surface area contributed by atoms with Crippen LogP contribution in [-0.2, 0) is 14.3 Å². The highest BCUT2D eigenvalue weighted by Gasteiger charge is 2.31. The molecule has 142 valence electrons. The van der Waals surface area contributed by atoms with Crippen LogP contribution in [0.15, 0.2) is 24.3 Å². The van der Waals surface area contributed by atoms with Crippen LogP contribution < -0.4 is 15.0 Å². The van der Waals surface area contributed by atoms with Crippen LogP contribution in [-0.4, -0.2) is 68.8 Å². The maximum absolute atomic E-state index is 12.4. The Balaban J connectivity index is 1.41. The van der Waals surface area contributed by atoms with Gasteiger partial charge in [0.05, 0.1) is 18.9 Å². The summed E-state index contributed by atoms with van der Waals surface area (Å²) in [4.78, 5) is 28.5. The Morgan fingerprint density at radius 2 is 2.00 bits per heavy atom. The predicted molar refractivity (Wildman–Crippen MR) is 98.4 cm³/mol. The predicted octanol–water partition coefficient (Wildman–Crippen LogP) is 1.03. The molecular weight excluding hydrogens is 334 g/mol. The van der Waals surface area contributed by atoms with Crippen molar-refractivity contribution >= 4 is 17.5 Å². The van der Waals surface area contributed by atoms with Crippen molar-refractivity contribution in [2.45, 2.75) is 25.9 Å². The van der Waals surface area contributed by atoms with Crippen molar-refractivity contribution in [2.75, 3.05) is 50.8 Å². The highest BCUT2D eigenvalue weighted by molar-refractivity contribution is 6.00. The maximum Gasteiger partial charge on any atom is 0.267 e. The molecule has 1 N–H and O–H groups in total. The van der Waals surface area contributed by atoms with Crippen LogP contribution in [0.25, 0.3) is 0 Å². The fourth-order valence-electron chi connectivity index (χ4n) is 3.25. The van der Waals surface area contributed by atoms with Gasteiger partial charge in [-0.3, -0.25) is 14.5 Å². The Morgan fingerprint density at radius 3 is 2.81 bits per heavy atom. The number of fused-ring (bicyclic) bond motifs is 1. The van der Waals surface area contributed by atoms with Gasteiger partial charge in [-0.15, -0.1) is 0 Å². The Kier molecular flexibility index (Phi) is 6.46. The number of anilines is 1. The van der Waals surface area contributed by atoms with E-state index < -0.39 is 6.10 Å². The summed E-state index contributed by atoms with van der Waals surface area (Å²) >= 11 is 0. The first-order valence-corrected chi connectivity index (χ1v) is 9.29. The Bertz CT molecular complexity index is 631. The number of benzene rings is 1. The molecule has 2 amide bonds. The van der Waals surface area contributed by atoms with E-state index in [1.54, 1.807) is 11.8 Å². The maximum atomic E-state index is 12.4. The molecule has 0 aromatic heterocycles. The molecule has 2 aliphatic heterocycles. The van der Waals surface area contributed by atoms with Crippen LogP contribution in [0.1, 0.15) is 19.8 Å². The lowest BCUT2D eigenvalue weighted by atomic mass is 10.1. The summed E-state index contributed by atoms with van der Waals surface area (Å²) in [5, 5.41) is 2.95. The van der Waals surface area contributed by atoms with Crippen molar-refractivity contribution in [3.8, 4) is 5.75 Å². The Labute approximate surface area is 154 Å². The van der Waals surface area contributed by atoms with Gasteiger partial charge in [0.1, 0.15) is 5.75 Å². The monoisotopic (exact) mass is 361 g/mol. The molecule has 26 heavy (non-hydrogen) atoms. The minimum Gasteiger partial charge on any atom is -0.479 e. The topological polar surface area (TPSA) is 71.1 Å². The first kappa shape index (κ1) is 18.7. The number of morpholine rings is 1. The normalized spacial score (nSPS) is 20.4. The molecule has 1 aromatic carbocycles. The zero-order valence-electron chi connectivity index (χ0n) is 15.3. The highest BCUT2D eigenvalue weighted by atomic mass is 16.5. The number of hydrogen-bond donors (Lipinski definition) is 1. The minimum absolute atomic E-state index is 0.0311. The highest BCUT2D eigenvalue weighted by Crippen LogP contribution is 2.33. The number of amides is 2. The van der Waals surface area contributed by atoms with Crippen molar-refractivity contribution < 1.29 is 19.1 Å². The number of ether oxygens (including phenoxy) is 2. The number of para-hydroxylation sites is 2. The fraction of sp³-hybridized carbons (Fsp3) is 0.579. The molecular formula is C19H27N3O4. The van der Waals surface area contributed by atoms with Gasteiger partial charge < -0.3 is 19.7 Å². The van der Waals surface area contributed by atoms with E-state index in [1.807, 2.05) is 24.3 Å². The van der Waals surface area contributed by atoms with Gasteiger partial charge in [-0.25, -0.2) is 0 Å². The molecule has 0 radical (unpaired) electrons. The van der Waals surface area contributed by atoms with Crippen LogP contribution in [0.4, 0.5) is 5.69 Å². The molecule has 3 rings (SSSR count). The first-order chi connectivity index (χ1) is 12.6. The van der Waals surface area contributed by atoms with E-state index in [4.69, 9.17) is 9.47 Å². The molecule has 1 unspecified atom stereocenters. The van der Waals surface area contributed by atoms with Crippen LogP contribution in [0.2, 0.25) is 0 Å². The van der Waals surface area contributed by atoms with Gasteiger partial charge in [0.25, 0.3) is 5.91 Å². The molecule has 1 fully saturated rings. The summed E-state index contributed by atoms with van der Waals surface area (Å²) in [7, 11) is 0. The van der Waals surface area contributed by atoms with E-state index in [-0.39, 0.29) is 18.2 Å². The quantitative estimate of drug-likeness (QED) is 0.735. The Morgan fingerprint density at radius 1 is 1.23 bits per heavy atom. The molecule has 2 aliphatic rings. The number of carbonyl (C=O) groups is 2. The third-order valence-electron chi connectivity index (χ3n) is 4.71. The van der Waals surface area contributed by atoms with E-state index >= 15 is 0 Å². The Hall–Kier alpha value is -2.12. The second-order valence-electron chi connectivity index (χ2n) is 6.63. The van der Waals surface area contributed by atoms with Gasteiger partial charge in [-0.2, -0.15) is 0 Å². The molecule has 0 aliphatic carbocycles. The smallest absolute Gasteiger partial charge is 0.267 e. The molecule has 0 spiro atoms. The number of nitrogens with one attached hydrogen (secondary N) is 1. The number of hydrogen-bond acceptors (Lipinski definition) is 5. The third-order valence-corrected chi connectivity index (χ3v) is 4.71. The lowest BCUT2D eigenvalue weighted by molar-refractivity contribution is -0.125. The lowest BCUT2D eigenvalue weighted by Gasteiger charge is -2.32. The summed E-state index contributed by atoms with van der Waals surface area (Å²) in [5.74, 6) is 0.547. The number of carbonyl (C=O) groups excluding carboxylic acids is 2. The van der Waals surface area contributed by atoms with E-state index in [0.29, 0.717) is 18.8 Å². The average Bonchev–Trinajstić information content (AvgIpc) is 2.66. The summed E-state index contributed by atoms with van der Waals surface area (Å²) in [6.45, 7) is 7.22. The summed E-state index contributed by atoms with van der Waals surface area (Å²) in [5.41, 5.74) is 0.732. The molecule has 1 aromatic rings. The van der Waals surface area contributed by atoms with Gasteiger partial charge in [-0.05, 0) is 32.0 Å². The molecule has 1 atom stereocenters.